The molecule has 0 aliphatic rings. The van der Waals surface area contributed by atoms with Crippen molar-refractivity contribution in [3.05, 3.63) is 65.5 Å². The SMILES string of the molecule is COc1ncc(-c2nc(N)c3nc(Cc4ccccc4)nn3c2C)cc1F. The first-order valence-electron chi connectivity index (χ1n) is 8.32. The second kappa shape index (κ2) is 6.64. The highest BCUT2D eigenvalue weighted by atomic mass is 19.1. The monoisotopic (exact) mass is 364 g/mol. The van der Waals surface area contributed by atoms with E-state index in [9.17, 15) is 4.39 Å². The summed E-state index contributed by atoms with van der Waals surface area (Å²) in [7, 11) is 1.36. The number of hydrogen-bond donors (Lipinski definition) is 1. The van der Waals surface area contributed by atoms with Crippen LogP contribution in [0.5, 0.6) is 5.88 Å². The predicted octanol–water partition coefficient (Wildman–Crippen LogP) is 2.82. The number of hydrogen-bond acceptors (Lipinski definition) is 6. The van der Waals surface area contributed by atoms with Crippen molar-refractivity contribution in [1.29, 1.82) is 0 Å². The van der Waals surface area contributed by atoms with Crippen molar-refractivity contribution in [3.63, 3.8) is 0 Å². The fourth-order valence-electron chi connectivity index (χ4n) is 2.94. The molecule has 0 saturated carbocycles. The number of anilines is 1. The topological polar surface area (TPSA) is 91.2 Å². The molecule has 0 unspecified atom stereocenters. The van der Waals surface area contributed by atoms with E-state index < -0.39 is 5.82 Å². The van der Waals surface area contributed by atoms with Gasteiger partial charge in [0.05, 0.1) is 18.5 Å². The summed E-state index contributed by atoms with van der Waals surface area (Å²) in [6, 6.07) is 11.2. The van der Waals surface area contributed by atoms with Crippen LogP contribution in [0.15, 0.2) is 42.6 Å². The lowest BCUT2D eigenvalue weighted by molar-refractivity contribution is 0.369. The summed E-state index contributed by atoms with van der Waals surface area (Å²) in [5, 5.41) is 4.56. The van der Waals surface area contributed by atoms with Crippen LogP contribution < -0.4 is 10.5 Å². The molecule has 1 aromatic carbocycles. The summed E-state index contributed by atoms with van der Waals surface area (Å²) in [5.74, 6) is 0.210. The number of nitrogens with two attached hydrogens (primary N) is 1. The minimum atomic E-state index is -0.571. The molecular formula is C19H17FN6O. The molecule has 0 spiro atoms. The standard InChI is InChI=1S/C19H17FN6O/c1-11-16(13-9-14(20)19(27-2)22-10-13)24-17(21)18-23-15(25-26(11)18)8-12-6-4-3-5-7-12/h3-7,9-10H,8H2,1-2H3,(H2,21,24). The Hall–Kier alpha value is -3.55. The number of aromatic nitrogens is 5. The van der Waals surface area contributed by atoms with Gasteiger partial charge >= 0.3 is 0 Å². The Labute approximate surface area is 154 Å². The van der Waals surface area contributed by atoms with Gasteiger partial charge < -0.3 is 10.5 Å². The van der Waals surface area contributed by atoms with Crippen LogP contribution in [0.25, 0.3) is 16.9 Å². The molecule has 3 heterocycles. The van der Waals surface area contributed by atoms with Gasteiger partial charge in [0.2, 0.25) is 5.88 Å². The molecule has 4 rings (SSSR count). The fraction of sp³-hybridized carbons (Fsp3) is 0.158. The third kappa shape index (κ3) is 3.05. The van der Waals surface area contributed by atoms with E-state index in [1.54, 1.807) is 4.52 Å². The Bertz CT molecular complexity index is 1130. The van der Waals surface area contributed by atoms with Gasteiger partial charge in [0.1, 0.15) is 0 Å². The quantitative estimate of drug-likeness (QED) is 0.599. The lowest BCUT2D eigenvalue weighted by Gasteiger charge is -2.09. The van der Waals surface area contributed by atoms with Crippen molar-refractivity contribution in [3.8, 4) is 17.1 Å². The molecule has 8 heteroatoms. The van der Waals surface area contributed by atoms with E-state index in [-0.39, 0.29) is 11.7 Å². The third-order valence-electron chi connectivity index (χ3n) is 4.25. The summed E-state index contributed by atoms with van der Waals surface area (Å²) < 4.78 is 20.5. The van der Waals surface area contributed by atoms with Crippen LogP contribution in [0.3, 0.4) is 0 Å². The molecule has 2 N–H and O–H groups in total. The van der Waals surface area contributed by atoms with E-state index in [1.165, 1.54) is 19.4 Å². The van der Waals surface area contributed by atoms with Crippen molar-refractivity contribution in [1.82, 2.24) is 24.6 Å². The minimum Gasteiger partial charge on any atom is -0.479 e. The van der Waals surface area contributed by atoms with Crippen LogP contribution in [0, 0.1) is 12.7 Å². The summed E-state index contributed by atoms with van der Waals surface area (Å²) >= 11 is 0. The van der Waals surface area contributed by atoms with Gasteiger partial charge in [-0.1, -0.05) is 30.3 Å². The molecule has 0 amide bonds. The Morgan fingerprint density at radius 2 is 1.96 bits per heavy atom. The van der Waals surface area contributed by atoms with Gasteiger partial charge in [0.25, 0.3) is 0 Å². The zero-order valence-electron chi connectivity index (χ0n) is 14.8. The highest BCUT2D eigenvalue weighted by Crippen LogP contribution is 2.27. The van der Waals surface area contributed by atoms with Gasteiger partial charge in [0, 0.05) is 18.2 Å². The lowest BCUT2D eigenvalue weighted by Crippen LogP contribution is -2.05. The van der Waals surface area contributed by atoms with E-state index >= 15 is 0 Å². The molecule has 0 atom stereocenters. The van der Waals surface area contributed by atoms with Crippen LogP contribution in [-0.4, -0.2) is 31.7 Å². The number of ether oxygens (including phenoxy) is 1. The van der Waals surface area contributed by atoms with Gasteiger partial charge in [-0.2, -0.15) is 5.10 Å². The Balaban J connectivity index is 1.80. The fourth-order valence-corrected chi connectivity index (χ4v) is 2.94. The van der Waals surface area contributed by atoms with Crippen molar-refractivity contribution >= 4 is 11.5 Å². The van der Waals surface area contributed by atoms with Gasteiger partial charge in [-0.15, -0.1) is 0 Å². The van der Waals surface area contributed by atoms with Gasteiger partial charge in [-0.3, -0.25) is 0 Å². The maximum absolute atomic E-state index is 14.0. The van der Waals surface area contributed by atoms with Crippen LogP contribution in [0.4, 0.5) is 10.2 Å². The van der Waals surface area contributed by atoms with Crippen LogP contribution >= 0.6 is 0 Å². The molecule has 0 radical (unpaired) electrons. The van der Waals surface area contributed by atoms with Gasteiger partial charge in [-0.05, 0) is 18.6 Å². The smallest absolute Gasteiger partial charge is 0.250 e. The van der Waals surface area contributed by atoms with Gasteiger partial charge in [0.15, 0.2) is 23.1 Å². The average molecular weight is 364 g/mol. The van der Waals surface area contributed by atoms with E-state index in [1.807, 2.05) is 37.3 Å². The Morgan fingerprint density at radius 1 is 1.19 bits per heavy atom. The lowest BCUT2D eigenvalue weighted by atomic mass is 10.1. The number of rotatable bonds is 4. The predicted molar refractivity (Wildman–Crippen MR) is 98.9 cm³/mol. The second-order valence-electron chi connectivity index (χ2n) is 6.07. The van der Waals surface area contributed by atoms with E-state index in [0.717, 1.165) is 5.56 Å². The molecular weight excluding hydrogens is 347 g/mol. The van der Waals surface area contributed by atoms with Crippen molar-refractivity contribution in [2.75, 3.05) is 12.8 Å². The summed E-state index contributed by atoms with van der Waals surface area (Å²) in [5.41, 5.74) is 9.33. The third-order valence-corrected chi connectivity index (χ3v) is 4.25. The van der Waals surface area contributed by atoms with E-state index in [4.69, 9.17) is 10.5 Å². The normalized spacial score (nSPS) is 11.1. The van der Waals surface area contributed by atoms with Gasteiger partial charge in [-0.25, -0.2) is 23.9 Å². The molecule has 0 bridgehead atoms. The molecule has 0 aliphatic heterocycles. The summed E-state index contributed by atoms with van der Waals surface area (Å²) in [6.07, 6.45) is 2.07. The number of aryl methyl sites for hydroxylation is 1. The molecule has 0 saturated heterocycles. The maximum atomic E-state index is 14.0. The molecule has 3 aromatic heterocycles. The summed E-state index contributed by atoms with van der Waals surface area (Å²) in [6.45, 7) is 1.83. The average Bonchev–Trinajstić information content (AvgIpc) is 3.10. The number of nitrogens with zero attached hydrogens (tertiary/aromatic N) is 5. The molecule has 0 fully saturated rings. The molecule has 27 heavy (non-hydrogen) atoms. The van der Waals surface area contributed by atoms with Crippen molar-refractivity contribution in [2.45, 2.75) is 13.3 Å². The highest BCUT2D eigenvalue weighted by Gasteiger charge is 2.17. The number of fused-ring (bicyclic) bond motifs is 1. The van der Waals surface area contributed by atoms with Crippen LogP contribution in [0.1, 0.15) is 17.1 Å². The number of benzene rings is 1. The summed E-state index contributed by atoms with van der Waals surface area (Å²) in [4.78, 5) is 12.9. The largest absolute Gasteiger partial charge is 0.479 e. The second-order valence-corrected chi connectivity index (χ2v) is 6.07. The number of methoxy groups -OCH3 is 1. The van der Waals surface area contributed by atoms with Crippen LogP contribution in [-0.2, 0) is 6.42 Å². The Kier molecular flexibility index (Phi) is 4.15. The van der Waals surface area contributed by atoms with Crippen molar-refractivity contribution < 1.29 is 9.13 Å². The minimum absolute atomic E-state index is 0.0728. The molecule has 136 valence electrons. The number of halogens is 1. The zero-order valence-corrected chi connectivity index (χ0v) is 14.8. The first-order valence-corrected chi connectivity index (χ1v) is 8.32. The highest BCUT2D eigenvalue weighted by molar-refractivity contribution is 5.69. The first kappa shape index (κ1) is 16.9. The van der Waals surface area contributed by atoms with Crippen molar-refractivity contribution in [2.24, 2.45) is 0 Å². The van der Waals surface area contributed by atoms with Crippen LogP contribution in [0.2, 0.25) is 0 Å². The molecule has 0 aliphatic carbocycles. The zero-order chi connectivity index (χ0) is 19.0. The maximum Gasteiger partial charge on any atom is 0.250 e. The molecule has 4 aromatic rings. The number of pyridine rings is 1. The van der Waals surface area contributed by atoms with E-state index in [2.05, 4.69) is 20.1 Å². The number of nitrogen functional groups attached to an aromatic ring is 1. The molecule has 7 nitrogen and oxygen atoms in total. The Morgan fingerprint density at radius 3 is 2.67 bits per heavy atom. The van der Waals surface area contributed by atoms with E-state index in [0.29, 0.717) is 34.8 Å². The first-order chi connectivity index (χ1) is 13.1.